The van der Waals surface area contributed by atoms with Gasteiger partial charge in [0.15, 0.2) is 0 Å². The summed E-state index contributed by atoms with van der Waals surface area (Å²) in [6, 6.07) is 3.74. The van der Waals surface area contributed by atoms with Gasteiger partial charge < -0.3 is 14.4 Å². The number of aromatic nitrogens is 1. The van der Waals surface area contributed by atoms with Gasteiger partial charge in [-0.25, -0.2) is 4.98 Å². The molecule has 0 radical (unpaired) electrons. The number of hydrogen-bond acceptors (Lipinski definition) is 4. The molecule has 2 rings (SSSR count). The van der Waals surface area contributed by atoms with Gasteiger partial charge >= 0.3 is 7.12 Å². The molecule has 0 spiro atoms. The van der Waals surface area contributed by atoms with Crippen LogP contribution in [0.3, 0.4) is 0 Å². The molecule has 0 unspecified atom stereocenters. The Bertz CT molecular complexity index is 556. The molecule has 1 aliphatic heterocycles. The number of aliphatic hydroxyl groups excluding tert-OH is 1. The topological polar surface area (TPSA) is 51.6 Å². The van der Waals surface area contributed by atoms with E-state index >= 15 is 0 Å². The fourth-order valence-electron chi connectivity index (χ4n) is 2.03. The van der Waals surface area contributed by atoms with E-state index in [1.54, 1.807) is 6.08 Å². The van der Waals surface area contributed by atoms with Crippen molar-refractivity contribution in [2.75, 3.05) is 6.61 Å². The van der Waals surface area contributed by atoms with Crippen molar-refractivity contribution in [1.29, 1.82) is 0 Å². The minimum absolute atomic E-state index is 0.166. The van der Waals surface area contributed by atoms with Gasteiger partial charge in [0, 0.05) is 11.3 Å². The van der Waals surface area contributed by atoms with Crippen LogP contribution < -0.4 is 0 Å². The summed E-state index contributed by atoms with van der Waals surface area (Å²) in [6.45, 7) is 9.61. The van der Waals surface area contributed by atoms with Crippen LogP contribution in [0.1, 0.15) is 39.0 Å². The first kappa shape index (κ1) is 16.5. The van der Waals surface area contributed by atoms with Crippen LogP contribution in [0.15, 0.2) is 17.6 Å². The summed E-state index contributed by atoms with van der Waals surface area (Å²) in [5.41, 5.74) is 1.32. The van der Waals surface area contributed by atoms with Crippen LogP contribution in [-0.4, -0.2) is 35.0 Å². The molecule has 0 aromatic carbocycles. The van der Waals surface area contributed by atoms with Crippen LogP contribution in [-0.2, 0) is 9.31 Å². The van der Waals surface area contributed by atoms with Gasteiger partial charge in [-0.2, -0.15) is 0 Å². The van der Waals surface area contributed by atoms with Gasteiger partial charge in [-0.3, -0.25) is 0 Å². The normalized spacial score (nSPS) is 20.9. The Morgan fingerprint density at radius 3 is 2.33 bits per heavy atom. The number of aliphatic hydroxyl groups is 1. The fraction of sp³-hybridized carbons (Fsp3) is 0.533. The molecular weight excluding hydrogens is 288 g/mol. The first-order chi connectivity index (χ1) is 9.66. The highest BCUT2D eigenvalue weighted by Crippen LogP contribution is 2.38. The minimum atomic E-state index is -0.586. The summed E-state index contributed by atoms with van der Waals surface area (Å²) in [6.07, 6.45) is 1.77. The summed E-state index contributed by atoms with van der Waals surface area (Å²) in [4.78, 5) is 4.20. The van der Waals surface area contributed by atoms with E-state index in [9.17, 15) is 5.11 Å². The molecule has 21 heavy (non-hydrogen) atoms. The molecular formula is C15H21BClNO3. The van der Waals surface area contributed by atoms with Gasteiger partial charge in [0.1, 0.15) is 5.15 Å². The zero-order chi connectivity index (χ0) is 15.8. The van der Waals surface area contributed by atoms with Crippen LogP contribution in [0, 0.1) is 6.92 Å². The second-order valence-electron chi connectivity index (χ2n) is 6.30. The lowest BCUT2D eigenvalue weighted by atomic mass is 9.77. The van der Waals surface area contributed by atoms with E-state index in [4.69, 9.17) is 20.9 Å². The van der Waals surface area contributed by atoms with Gasteiger partial charge in [-0.1, -0.05) is 23.7 Å². The standard InChI is InChI=1S/C15H21BClNO3/c1-10-6-7-11(13(17)18-10)8-12(9-19)16-20-14(2,3)15(4,5)21-16/h6-8,19H,9H2,1-5H3. The molecule has 0 bridgehead atoms. The molecule has 1 aliphatic rings. The molecule has 1 saturated heterocycles. The molecule has 0 atom stereocenters. The third kappa shape index (κ3) is 3.32. The SMILES string of the molecule is Cc1ccc(C=C(CO)B2OC(C)(C)C(C)(C)O2)c(Cl)n1. The van der Waals surface area contributed by atoms with E-state index in [-0.39, 0.29) is 6.61 Å². The van der Waals surface area contributed by atoms with Gasteiger partial charge in [0.25, 0.3) is 0 Å². The maximum atomic E-state index is 9.64. The van der Waals surface area contributed by atoms with Gasteiger partial charge in [-0.05, 0) is 46.2 Å². The summed E-state index contributed by atoms with van der Waals surface area (Å²) in [5, 5.41) is 10.0. The minimum Gasteiger partial charge on any atom is -0.400 e. The molecule has 1 aromatic heterocycles. The number of nitrogens with zero attached hydrogens (tertiary/aromatic N) is 1. The Morgan fingerprint density at radius 1 is 1.29 bits per heavy atom. The molecule has 0 aliphatic carbocycles. The van der Waals surface area contributed by atoms with Gasteiger partial charge in [0.05, 0.1) is 17.8 Å². The smallest absolute Gasteiger partial charge is 0.400 e. The van der Waals surface area contributed by atoms with E-state index < -0.39 is 18.3 Å². The van der Waals surface area contributed by atoms with Crippen molar-refractivity contribution in [1.82, 2.24) is 4.98 Å². The highest BCUT2D eigenvalue weighted by Gasteiger charge is 2.52. The van der Waals surface area contributed by atoms with Crippen molar-refractivity contribution < 1.29 is 14.4 Å². The van der Waals surface area contributed by atoms with Crippen LogP contribution in [0.5, 0.6) is 0 Å². The average Bonchev–Trinajstić information content (AvgIpc) is 2.57. The van der Waals surface area contributed by atoms with Crippen molar-refractivity contribution in [3.8, 4) is 0 Å². The number of aryl methyl sites for hydroxylation is 1. The first-order valence-electron chi connectivity index (χ1n) is 6.96. The van der Waals surface area contributed by atoms with E-state index in [0.29, 0.717) is 10.6 Å². The quantitative estimate of drug-likeness (QED) is 0.689. The molecule has 2 heterocycles. The zero-order valence-corrected chi connectivity index (χ0v) is 13.9. The van der Waals surface area contributed by atoms with E-state index in [1.807, 2.05) is 46.8 Å². The Kier molecular flexibility index (Phi) is 4.50. The predicted octanol–water partition coefficient (Wildman–Crippen LogP) is 3.05. The van der Waals surface area contributed by atoms with Gasteiger partial charge in [0.2, 0.25) is 0 Å². The molecule has 0 amide bonds. The number of rotatable bonds is 3. The summed E-state index contributed by atoms with van der Waals surface area (Å²) >= 11 is 6.13. The lowest BCUT2D eigenvalue weighted by Gasteiger charge is -2.32. The van der Waals surface area contributed by atoms with Crippen molar-refractivity contribution >= 4 is 24.8 Å². The van der Waals surface area contributed by atoms with Crippen molar-refractivity contribution in [3.05, 3.63) is 34.0 Å². The van der Waals surface area contributed by atoms with Crippen LogP contribution in [0.25, 0.3) is 6.08 Å². The first-order valence-corrected chi connectivity index (χ1v) is 7.34. The van der Waals surface area contributed by atoms with Crippen LogP contribution in [0.2, 0.25) is 5.15 Å². The third-order valence-electron chi connectivity index (χ3n) is 4.10. The van der Waals surface area contributed by atoms with Crippen molar-refractivity contribution in [3.63, 3.8) is 0 Å². The Morgan fingerprint density at radius 2 is 1.86 bits per heavy atom. The molecule has 0 saturated carbocycles. The van der Waals surface area contributed by atoms with Crippen LogP contribution >= 0.6 is 11.6 Å². The summed E-state index contributed by atoms with van der Waals surface area (Å²) in [7, 11) is -0.586. The fourth-order valence-corrected chi connectivity index (χ4v) is 2.28. The largest absolute Gasteiger partial charge is 0.492 e. The molecule has 6 heteroatoms. The summed E-state index contributed by atoms with van der Waals surface area (Å²) in [5.74, 6) is 0. The number of hydrogen-bond donors (Lipinski definition) is 1. The second-order valence-corrected chi connectivity index (χ2v) is 6.66. The molecule has 1 N–H and O–H groups in total. The van der Waals surface area contributed by atoms with Crippen LogP contribution in [0.4, 0.5) is 0 Å². The van der Waals surface area contributed by atoms with E-state index in [1.165, 1.54) is 0 Å². The highest BCUT2D eigenvalue weighted by atomic mass is 35.5. The highest BCUT2D eigenvalue weighted by molar-refractivity contribution is 6.56. The van der Waals surface area contributed by atoms with Crippen molar-refractivity contribution in [2.24, 2.45) is 0 Å². The molecule has 1 aromatic rings. The third-order valence-corrected chi connectivity index (χ3v) is 4.40. The number of pyridine rings is 1. The predicted molar refractivity (Wildman–Crippen MR) is 85.1 cm³/mol. The summed E-state index contributed by atoms with van der Waals surface area (Å²) < 4.78 is 11.9. The maximum Gasteiger partial charge on any atom is 0.492 e. The Balaban J connectivity index is 2.31. The van der Waals surface area contributed by atoms with Crippen molar-refractivity contribution in [2.45, 2.75) is 45.8 Å². The Labute approximate surface area is 131 Å². The van der Waals surface area contributed by atoms with E-state index in [0.717, 1.165) is 11.3 Å². The zero-order valence-electron chi connectivity index (χ0n) is 13.1. The lowest BCUT2D eigenvalue weighted by molar-refractivity contribution is 0.00578. The molecule has 4 nitrogen and oxygen atoms in total. The Hall–Kier alpha value is -0.875. The molecule has 1 fully saturated rings. The van der Waals surface area contributed by atoms with Gasteiger partial charge in [-0.15, -0.1) is 0 Å². The maximum absolute atomic E-state index is 9.64. The number of halogens is 1. The lowest BCUT2D eigenvalue weighted by Crippen LogP contribution is -2.41. The monoisotopic (exact) mass is 309 g/mol. The second kappa shape index (κ2) is 5.73. The average molecular weight is 310 g/mol. The van der Waals surface area contributed by atoms with E-state index in [2.05, 4.69) is 4.98 Å². The molecule has 114 valence electrons.